The maximum atomic E-state index is 13.4. The Morgan fingerprint density at radius 3 is 2.80 bits per heavy atom. The van der Waals surface area contributed by atoms with Gasteiger partial charge in [-0.1, -0.05) is 18.9 Å². The van der Waals surface area contributed by atoms with E-state index < -0.39 is 0 Å². The number of carbonyl (C=O) groups is 2. The van der Waals surface area contributed by atoms with Crippen LogP contribution in [0, 0.1) is 5.92 Å². The van der Waals surface area contributed by atoms with Crippen LogP contribution in [0.1, 0.15) is 65.8 Å². The summed E-state index contributed by atoms with van der Waals surface area (Å²) < 4.78 is 4.92. The van der Waals surface area contributed by atoms with E-state index in [4.69, 9.17) is 10.7 Å². The molecular formula is C25H29N7O2S. The van der Waals surface area contributed by atoms with Crippen molar-refractivity contribution in [1.29, 1.82) is 0 Å². The number of rotatable bonds is 8. The van der Waals surface area contributed by atoms with Gasteiger partial charge < -0.3 is 20.7 Å². The second-order valence-corrected chi connectivity index (χ2v) is 10.8. The summed E-state index contributed by atoms with van der Waals surface area (Å²) in [6.07, 6.45) is 6.13. The molecule has 0 bridgehead atoms. The highest BCUT2D eigenvalue weighted by Crippen LogP contribution is 2.41. The summed E-state index contributed by atoms with van der Waals surface area (Å²) in [5.74, 6) is 1.49. The zero-order valence-electron chi connectivity index (χ0n) is 19.9. The minimum Gasteiger partial charge on any atom is -0.381 e. The van der Waals surface area contributed by atoms with Gasteiger partial charge in [0, 0.05) is 36.1 Å². The molecule has 1 aliphatic heterocycles. The van der Waals surface area contributed by atoms with Gasteiger partial charge in [-0.3, -0.25) is 9.59 Å². The van der Waals surface area contributed by atoms with Gasteiger partial charge in [-0.15, -0.1) is 5.10 Å². The Labute approximate surface area is 208 Å². The third kappa shape index (κ3) is 3.99. The summed E-state index contributed by atoms with van der Waals surface area (Å²) in [5.41, 5.74) is 11.0. The number of carbonyl (C=O) groups excluding carboxylic acids is 2. The Hall–Kier alpha value is -3.27. The van der Waals surface area contributed by atoms with Gasteiger partial charge >= 0.3 is 0 Å². The second-order valence-electron chi connectivity index (χ2n) is 9.69. The van der Waals surface area contributed by atoms with E-state index >= 15 is 0 Å². The van der Waals surface area contributed by atoms with Crippen molar-refractivity contribution in [3.63, 3.8) is 0 Å². The Morgan fingerprint density at radius 2 is 2.09 bits per heavy atom. The minimum atomic E-state index is -0.240. The maximum Gasteiger partial charge on any atom is 0.259 e. The SMILES string of the molecule is CCSNc1cc(-c2ccn3nc(N)c(C(=O)NC4CC4)c3n2)cc2c1C(=O)N(C(C)C1CC1)C2. The lowest BCUT2D eigenvalue weighted by Crippen LogP contribution is -2.34. The average Bonchev–Trinajstić information content (AvgIpc) is 3.77. The molecule has 2 amide bonds. The number of nitrogen functional groups attached to an aromatic ring is 1. The molecule has 0 saturated heterocycles. The van der Waals surface area contributed by atoms with Gasteiger partial charge in [0.05, 0.1) is 16.9 Å². The average molecular weight is 492 g/mol. The van der Waals surface area contributed by atoms with Crippen LogP contribution >= 0.6 is 11.9 Å². The van der Waals surface area contributed by atoms with Crippen molar-refractivity contribution < 1.29 is 9.59 Å². The van der Waals surface area contributed by atoms with Crippen LogP contribution in [0.25, 0.3) is 16.9 Å². The quantitative estimate of drug-likeness (QED) is 0.411. The molecule has 2 aromatic heterocycles. The van der Waals surface area contributed by atoms with E-state index in [1.165, 1.54) is 12.8 Å². The largest absolute Gasteiger partial charge is 0.381 e. The van der Waals surface area contributed by atoms with Crippen molar-refractivity contribution >= 4 is 40.9 Å². The summed E-state index contributed by atoms with van der Waals surface area (Å²) >= 11 is 1.56. The van der Waals surface area contributed by atoms with Crippen molar-refractivity contribution in [3.8, 4) is 11.3 Å². The molecule has 9 nitrogen and oxygen atoms in total. The first-order chi connectivity index (χ1) is 16.9. The van der Waals surface area contributed by atoms with Crippen LogP contribution in [0.15, 0.2) is 24.4 Å². The van der Waals surface area contributed by atoms with Crippen LogP contribution < -0.4 is 15.8 Å². The number of nitrogens with zero attached hydrogens (tertiary/aromatic N) is 4. The smallest absolute Gasteiger partial charge is 0.259 e. The number of anilines is 2. The van der Waals surface area contributed by atoms with Crippen LogP contribution in [-0.2, 0) is 6.54 Å². The van der Waals surface area contributed by atoms with E-state index in [-0.39, 0.29) is 29.7 Å². The fourth-order valence-electron chi connectivity index (χ4n) is 4.83. The molecule has 1 atom stereocenters. The monoisotopic (exact) mass is 491 g/mol. The highest BCUT2D eigenvalue weighted by Gasteiger charge is 2.40. The van der Waals surface area contributed by atoms with Gasteiger partial charge in [0.1, 0.15) is 5.56 Å². The van der Waals surface area contributed by atoms with Crippen molar-refractivity contribution in [2.45, 2.75) is 58.2 Å². The van der Waals surface area contributed by atoms with E-state index in [9.17, 15) is 9.59 Å². The molecule has 1 aromatic carbocycles. The first-order valence-corrected chi connectivity index (χ1v) is 13.2. The normalized spacial score (nSPS) is 18.1. The van der Waals surface area contributed by atoms with E-state index in [1.807, 2.05) is 17.0 Å². The Balaban J connectivity index is 1.40. The van der Waals surface area contributed by atoms with Gasteiger partial charge in [-0.25, -0.2) is 9.50 Å². The van der Waals surface area contributed by atoms with Crippen LogP contribution in [0.2, 0.25) is 0 Å². The second kappa shape index (κ2) is 8.44. The number of hydrogen-bond donors (Lipinski definition) is 3. The molecule has 2 aliphatic carbocycles. The molecular weight excluding hydrogens is 462 g/mol. The molecule has 1 unspecified atom stereocenters. The number of hydrogen-bond acceptors (Lipinski definition) is 7. The number of benzene rings is 1. The van der Waals surface area contributed by atoms with Crippen molar-refractivity contribution in [2.24, 2.45) is 5.92 Å². The molecule has 0 spiro atoms. The van der Waals surface area contributed by atoms with Gasteiger partial charge in [0.15, 0.2) is 11.5 Å². The number of aromatic nitrogens is 3. The van der Waals surface area contributed by atoms with E-state index in [0.717, 1.165) is 41.0 Å². The fraction of sp³-hybridized carbons (Fsp3) is 0.440. The molecule has 3 aliphatic rings. The van der Waals surface area contributed by atoms with E-state index in [0.29, 0.717) is 29.4 Å². The number of nitrogens with one attached hydrogen (secondary N) is 2. The zero-order chi connectivity index (χ0) is 24.3. The summed E-state index contributed by atoms with van der Waals surface area (Å²) in [4.78, 5) is 33.0. The van der Waals surface area contributed by atoms with Crippen molar-refractivity contribution in [1.82, 2.24) is 24.8 Å². The first-order valence-electron chi connectivity index (χ1n) is 12.3. The lowest BCUT2D eigenvalue weighted by atomic mass is 10.0. The molecule has 182 valence electrons. The minimum absolute atomic E-state index is 0.0937. The number of amides is 2. The lowest BCUT2D eigenvalue weighted by molar-refractivity contribution is 0.0698. The predicted molar refractivity (Wildman–Crippen MR) is 137 cm³/mol. The first kappa shape index (κ1) is 22.2. The molecule has 6 rings (SSSR count). The molecule has 10 heteroatoms. The number of nitrogens with two attached hydrogens (primary N) is 1. The molecule has 35 heavy (non-hydrogen) atoms. The van der Waals surface area contributed by atoms with Gasteiger partial charge in [-0.2, -0.15) is 0 Å². The summed E-state index contributed by atoms with van der Waals surface area (Å²) in [7, 11) is 0. The standard InChI is InChI=1S/C25H29N7O2S/c1-3-35-30-19-11-15(10-16-12-31(25(34)20(16)19)13(2)14-4-5-14)18-8-9-32-23(28-18)21(22(26)29-32)24(33)27-17-6-7-17/h8-11,13-14,17,30H,3-7,12H2,1-2H3,(H2,26,29)(H,27,33). The molecule has 4 N–H and O–H groups in total. The molecule has 2 fully saturated rings. The Bertz CT molecular complexity index is 1350. The third-order valence-corrected chi connectivity index (χ3v) is 7.76. The van der Waals surface area contributed by atoms with Crippen LogP contribution in [0.5, 0.6) is 0 Å². The van der Waals surface area contributed by atoms with Gasteiger partial charge in [0.2, 0.25) is 0 Å². The van der Waals surface area contributed by atoms with Crippen molar-refractivity contribution in [2.75, 3.05) is 16.2 Å². The topological polar surface area (TPSA) is 118 Å². The molecule has 0 radical (unpaired) electrons. The van der Waals surface area contributed by atoms with Gasteiger partial charge in [0.25, 0.3) is 11.8 Å². The van der Waals surface area contributed by atoms with Crippen molar-refractivity contribution in [3.05, 3.63) is 41.1 Å². The Kier molecular flexibility index (Phi) is 5.36. The summed E-state index contributed by atoms with van der Waals surface area (Å²) in [5, 5.41) is 7.26. The predicted octanol–water partition coefficient (Wildman–Crippen LogP) is 3.71. The molecule has 3 heterocycles. The van der Waals surface area contributed by atoms with Crippen LogP contribution in [0.3, 0.4) is 0 Å². The maximum absolute atomic E-state index is 13.4. The number of fused-ring (bicyclic) bond motifs is 2. The lowest BCUT2D eigenvalue weighted by Gasteiger charge is -2.24. The molecule has 3 aromatic rings. The van der Waals surface area contributed by atoms with Crippen LogP contribution in [-0.4, -0.2) is 49.1 Å². The Morgan fingerprint density at radius 1 is 1.29 bits per heavy atom. The summed E-state index contributed by atoms with van der Waals surface area (Å²) in [6.45, 7) is 4.82. The van der Waals surface area contributed by atoms with Gasteiger partial charge in [-0.05, 0) is 62.3 Å². The molecule has 2 saturated carbocycles. The third-order valence-electron chi connectivity index (χ3n) is 7.11. The van der Waals surface area contributed by atoms with E-state index in [2.05, 4.69) is 35.1 Å². The van der Waals surface area contributed by atoms with Crippen LogP contribution in [0.4, 0.5) is 11.5 Å². The zero-order valence-corrected chi connectivity index (χ0v) is 20.7. The highest BCUT2D eigenvalue weighted by molar-refractivity contribution is 8.00. The van der Waals surface area contributed by atoms with E-state index in [1.54, 1.807) is 22.7 Å². The fourth-order valence-corrected chi connectivity index (χ4v) is 5.29. The summed E-state index contributed by atoms with van der Waals surface area (Å²) in [6, 6.07) is 6.34. The highest BCUT2D eigenvalue weighted by atomic mass is 32.2.